The van der Waals surface area contributed by atoms with Crippen molar-refractivity contribution in [3.8, 4) is 0 Å². The van der Waals surface area contributed by atoms with Crippen LogP contribution in [0.3, 0.4) is 0 Å². The number of ether oxygens (including phenoxy) is 1. The number of nitrogens with one attached hydrogen (secondary N) is 1. The van der Waals surface area contributed by atoms with Crippen molar-refractivity contribution in [1.82, 2.24) is 9.88 Å². The van der Waals surface area contributed by atoms with Gasteiger partial charge in [0.25, 0.3) is 5.91 Å². The number of amides is 1. The van der Waals surface area contributed by atoms with Crippen LogP contribution in [0.5, 0.6) is 0 Å². The molecule has 0 bridgehead atoms. The predicted octanol–water partition coefficient (Wildman–Crippen LogP) is 5.02. The molecular weight excluding hydrogens is 404 g/mol. The summed E-state index contributed by atoms with van der Waals surface area (Å²) in [6, 6.07) is 7.48. The Balaban J connectivity index is 1.85. The minimum Gasteiger partial charge on any atom is -0.461 e. The largest absolute Gasteiger partial charge is 0.461 e. The van der Waals surface area contributed by atoms with Crippen LogP contribution in [0.1, 0.15) is 87.1 Å². The fourth-order valence-corrected chi connectivity index (χ4v) is 4.61. The van der Waals surface area contributed by atoms with Crippen molar-refractivity contribution in [3.63, 3.8) is 0 Å². The monoisotopic (exact) mass is 438 g/mol. The highest BCUT2D eigenvalue weighted by molar-refractivity contribution is 6.05. The third-order valence-electron chi connectivity index (χ3n) is 6.32. The van der Waals surface area contributed by atoms with Gasteiger partial charge >= 0.3 is 5.97 Å². The highest BCUT2D eigenvalue weighted by atomic mass is 16.5. The van der Waals surface area contributed by atoms with Gasteiger partial charge in [0.05, 0.1) is 13.2 Å². The predicted molar refractivity (Wildman–Crippen MR) is 124 cm³/mol. The molecule has 0 aliphatic heterocycles. The van der Waals surface area contributed by atoms with Gasteiger partial charge in [-0.15, -0.1) is 0 Å². The third-order valence-corrected chi connectivity index (χ3v) is 6.32. The molecule has 1 N–H and O–H groups in total. The number of hydrogen-bond donors (Lipinski definition) is 1. The van der Waals surface area contributed by atoms with Crippen LogP contribution in [0, 0.1) is 26.7 Å². The molecule has 1 amide bonds. The molecule has 1 saturated carbocycles. The Morgan fingerprint density at radius 3 is 2.31 bits per heavy atom. The number of aryl methyl sites for hydroxylation is 2. The number of nitrogens with zero attached hydrogens (tertiary/aromatic N) is 1. The molecule has 0 atom stereocenters. The van der Waals surface area contributed by atoms with E-state index in [-0.39, 0.29) is 24.8 Å². The quantitative estimate of drug-likeness (QED) is 0.463. The molecule has 6 heteroatoms. The highest BCUT2D eigenvalue weighted by Gasteiger charge is 2.28. The van der Waals surface area contributed by atoms with Crippen LogP contribution in [-0.4, -0.2) is 47.2 Å². The molecule has 1 fully saturated rings. The van der Waals surface area contributed by atoms with Gasteiger partial charge in [-0.2, -0.15) is 0 Å². The second-order valence-electron chi connectivity index (χ2n) is 8.82. The first-order valence-corrected chi connectivity index (χ1v) is 11.6. The number of hydrogen-bond acceptors (Lipinski definition) is 4. The Morgan fingerprint density at radius 1 is 1.03 bits per heavy atom. The van der Waals surface area contributed by atoms with Crippen LogP contribution >= 0.6 is 0 Å². The minimum absolute atomic E-state index is 0.00892. The van der Waals surface area contributed by atoms with Crippen LogP contribution in [0.15, 0.2) is 24.3 Å². The molecule has 0 radical (unpaired) electrons. The Labute approximate surface area is 190 Å². The van der Waals surface area contributed by atoms with Crippen LogP contribution in [0.2, 0.25) is 0 Å². The van der Waals surface area contributed by atoms with Gasteiger partial charge in [0.2, 0.25) is 0 Å². The fraction of sp³-hybridized carbons (Fsp3) is 0.500. The van der Waals surface area contributed by atoms with Crippen LogP contribution < -0.4 is 0 Å². The molecule has 6 nitrogen and oxygen atoms in total. The maximum Gasteiger partial charge on any atom is 0.355 e. The maximum absolute atomic E-state index is 13.4. The topological polar surface area (TPSA) is 79.5 Å². The lowest BCUT2D eigenvalue weighted by molar-refractivity contribution is 0.0519. The standard InChI is InChI=1S/C26H34N2O4/c1-5-32-26(31)24-18(3)23(19(4)27-24)22(29)16-28(15-20-9-7-6-8-10-20)25(30)21-13-11-17(2)12-14-21/h11-14,20,27H,5-10,15-16H2,1-4H3. The first-order valence-electron chi connectivity index (χ1n) is 11.6. The molecular formula is C26H34N2O4. The van der Waals surface area contributed by atoms with Crippen molar-refractivity contribution in [2.24, 2.45) is 5.92 Å². The first kappa shape index (κ1) is 23.8. The van der Waals surface area contributed by atoms with E-state index in [1.165, 1.54) is 19.3 Å². The van der Waals surface area contributed by atoms with E-state index in [1.807, 2.05) is 31.2 Å². The Kier molecular flexibility index (Phi) is 7.89. The lowest BCUT2D eigenvalue weighted by Crippen LogP contribution is -2.40. The average Bonchev–Trinajstić information content (AvgIpc) is 3.08. The summed E-state index contributed by atoms with van der Waals surface area (Å²) >= 11 is 0. The molecule has 2 aromatic rings. The summed E-state index contributed by atoms with van der Waals surface area (Å²) in [6.07, 6.45) is 5.75. The number of aromatic nitrogens is 1. The summed E-state index contributed by atoms with van der Waals surface area (Å²) in [5.41, 5.74) is 3.65. The second-order valence-corrected chi connectivity index (χ2v) is 8.82. The summed E-state index contributed by atoms with van der Waals surface area (Å²) in [5.74, 6) is -0.347. The SMILES string of the molecule is CCOC(=O)c1[nH]c(C)c(C(=O)CN(CC2CCCCC2)C(=O)c2ccc(C)cc2)c1C. The van der Waals surface area contributed by atoms with Gasteiger partial charge < -0.3 is 14.6 Å². The second kappa shape index (κ2) is 10.6. The Bertz CT molecular complexity index is 968. The molecule has 1 aliphatic carbocycles. The smallest absolute Gasteiger partial charge is 0.355 e. The van der Waals surface area contributed by atoms with Crippen LogP contribution in [0.4, 0.5) is 0 Å². The summed E-state index contributed by atoms with van der Waals surface area (Å²) < 4.78 is 5.10. The molecule has 1 aromatic heterocycles. The van der Waals surface area contributed by atoms with E-state index in [4.69, 9.17) is 4.74 Å². The molecule has 0 spiro atoms. The van der Waals surface area contributed by atoms with Gasteiger partial charge in [-0.25, -0.2) is 4.79 Å². The summed E-state index contributed by atoms with van der Waals surface area (Å²) in [5, 5.41) is 0. The Morgan fingerprint density at radius 2 is 1.69 bits per heavy atom. The number of esters is 1. The van der Waals surface area contributed by atoms with Gasteiger partial charge in [-0.05, 0) is 64.2 Å². The highest BCUT2D eigenvalue weighted by Crippen LogP contribution is 2.26. The number of aromatic amines is 1. The average molecular weight is 439 g/mol. The minimum atomic E-state index is -0.470. The van der Waals surface area contributed by atoms with Crippen molar-refractivity contribution in [2.45, 2.75) is 59.8 Å². The number of Topliss-reactive ketones (excluding diaryl/α,β-unsaturated/α-hetero) is 1. The lowest BCUT2D eigenvalue weighted by atomic mass is 9.88. The molecule has 0 saturated heterocycles. The van der Waals surface area contributed by atoms with Crippen molar-refractivity contribution < 1.29 is 19.1 Å². The molecule has 172 valence electrons. The molecule has 1 aromatic carbocycles. The van der Waals surface area contributed by atoms with E-state index in [2.05, 4.69) is 4.98 Å². The first-order chi connectivity index (χ1) is 15.3. The summed E-state index contributed by atoms with van der Waals surface area (Å²) in [7, 11) is 0. The van der Waals surface area contributed by atoms with Crippen LogP contribution in [-0.2, 0) is 4.74 Å². The van der Waals surface area contributed by atoms with Gasteiger partial charge in [0, 0.05) is 23.4 Å². The summed E-state index contributed by atoms with van der Waals surface area (Å²) in [4.78, 5) is 43.6. The summed E-state index contributed by atoms with van der Waals surface area (Å²) in [6.45, 7) is 8.08. The number of benzene rings is 1. The van der Waals surface area contributed by atoms with E-state index < -0.39 is 5.97 Å². The van der Waals surface area contributed by atoms with Crippen LogP contribution in [0.25, 0.3) is 0 Å². The van der Waals surface area contributed by atoms with Gasteiger partial charge in [0.1, 0.15) is 5.69 Å². The van der Waals surface area contributed by atoms with Crippen molar-refractivity contribution in [2.75, 3.05) is 19.7 Å². The maximum atomic E-state index is 13.4. The van der Waals surface area contributed by atoms with Crippen molar-refractivity contribution in [3.05, 3.63) is 57.9 Å². The van der Waals surface area contributed by atoms with E-state index in [1.54, 1.807) is 25.7 Å². The molecule has 1 aliphatic rings. The van der Waals surface area contributed by atoms with Gasteiger partial charge in [-0.1, -0.05) is 37.0 Å². The van der Waals surface area contributed by atoms with Gasteiger partial charge in [-0.3, -0.25) is 9.59 Å². The fourth-order valence-electron chi connectivity index (χ4n) is 4.61. The molecule has 32 heavy (non-hydrogen) atoms. The molecule has 1 heterocycles. The zero-order valence-corrected chi connectivity index (χ0v) is 19.6. The van der Waals surface area contributed by atoms with Crippen molar-refractivity contribution >= 4 is 17.7 Å². The van der Waals surface area contributed by atoms with Crippen molar-refractivity contribution in [1.29, 1.82) is 0 Å². The van der Waals surface area contributed by atoms with E-state index in [0.717, 1.165) is 18.4 Å². The third kappa shape index (κ3) is 5.47. The number of rotatable bonds is 8. The Hall–Kier alpha value is -2.89. The molecule has 0 unspecified atom stereocenters. The zero-order chi connectivity index (χ0) is 23.3. The van der Waals surface area contributed by atoms with E-state index >= 15 is 0 Å². The molecule has 3 rings (SSSR count). The zero-order valence-electron chi connectivity index (χ0n) is 19.6. The normalized spacial score (nSPS) is 14.2. The number of carbonyl (C=O) groups excluding carboxylic acids is 3. The number of H-pyrrole nitrogens is 1. The van der Waals surface area contributed by atoms with Gasteiger partial charge in [0.15, 0.2) is 5.78 Å². The number of ketones is 1. The van der Waals surface area contributed by atoms with E-state index in [0.29, 0.717) is 40.5 Å². The number of carbonyl (C=O) groups is 3. The van der Waals surface area contributed by atoms with E-state index in [9.17, 15) is 14.4 Å². The lowest BCUT2D eigenvalue weighted by Gasteiger charge is -2.29.